The molecule has 1 amide bonds. The number of carbonyl (C=O) groups excluding carboxylic acids is 1. The van der Waals surface area contributed by atoms with E-state index in [1.807, 2.05) is 38.1 Å². The van der Waals surface area contributed by atoms with Crippen molar-refractivity contribution in [2.24, 2.45) is 0 Å². The maximum atomic E-state index is 12.5. The fourth-order valence-corrected chi connectivity index (χ4v) is 2.87. The van der Waals surface area contributed by atoms with Crippen molar-refractivity contribution in [1.82, 2.24) is 9.97 Å². The number of anilines is 3. The van der Waals surface area contributed by atoms with E-state index in [1.165, 1.54) is 5.56 Å². The lowest BCUT2D eigenvalue weighted by Crippen LogP contribution is -2.15. The topological polar surface area (TPSA) is 66.9 Å². The molecule has 0 radical (unpaired) electrons. The molecule has 0 unspecified atom stereocenters. The Bertz CT molecular complexity index is 929. The summed E-state index contributed by atoms with van der Waals surface area (Å²) in [6.07, 6.45) is 1.58. The molecule has 0 fully saturated rings. The molecule has 5 heteroatoms. The first-order valence-electron chi connectivity index (χ1n) is 9.00. The van der Waals surface area contributed by atoms with Gasteiger partial charge in [-0.3, -0.25) is 4.79 Å². The monoisotopic (exact) mass is 360 g/mol. The molecule has 2 aromatic carbocycles. The smallest absolute Gasteiger partial charge is 0.274 e. The summed E-state index contributed by atoms with van der Waals surface area (Å²) in [4.78, 5) is 21.1. The van der Waals surface area contributed by atoms with Gasteiger partial charge in [0, 0.05) is 17.6 Å². The van der Waals surface area contributed by atoms with Crippen LogP contribution in [0.2, 0.25) is 0 Å². The van der Waals surface area contributed by atoms with Crippen LogP contribution >= 0.6 is 0 Å². The number of nitrogens with zero attached hydrogens (tertiary/aromatic N) is 2. The molecule has 5 nitrogen and oxygen atoms in total. The molecule has 0 saturated carbocycles. The van der Waals surface area contributed by atoms with Gasteiger partial charge >= 0.3 is 0 Å². The maximum absolute atomic E-state index is 12.5. The normalized spacial score (nSPS) is 10.7. The first-order valence-corrected chi connectivity index (χ1v) is 9.00. The fourth-order valence-electron chi connectivity index (χ4n) is 2.87. The van der Waals surface area contributed by atoms with Gasteiger partial charge in [-0.1, -0.05) is 32.0 Å². The number of amides is 1. The second-order valence-corrected chi connectivity index (χ2v) is 7.00. The van der Waals surface area contributed by atoms with E-state index in [0.29, 0.717) is 17.6 Å². The minimum Gasteiger partial charge on any atom is -0.324 e. The van der Waals surface area contributed by atoms with Crippen LogP contribution in [0, 0.1) is 13.8 Å². The quantitative estimate of drug-likeness (QED) is 0.655. The highest BCUT2D eigenvalue weighted by Gasteiger charge is 2.10. The van der Waals surface area contributed by atoms with E-state index < -0.39 is 0 Å². The third-order valence-corrected chi connectivity index (χ3v) is 4.20. The van der Waals surface area contributed by atoms with Gasteiger partial charge in [-0.05, 0) is 66.8 Å². The number of aryl methyl sites for hydroxylation is 2. The largest absolute Gasteiger partial charge is 0.324 e. The summed E-state index contributed by atoms with van der Waals surface area (Å²) in [6.45, 7) is 8.31. The number of benzene rings is 2. The predicted molar refractivity (Wildman–Crippen MR) is 110 cm³/mol. The molecule has 0 aliphatic rings. The van der Waals surface area contributed by atoms with Gasteiger partial charge in [0.15, 0.2) is 0 Å². The predicted octanol–water partition coefficient (Wildman–Crippen LogP) is 5.21. The summed E-state index contributed by atoms with van der Waals surface area (Å²) >= 11 is 0. The molecule has 1 heterocycles. The zero-order valence-electron chi connectivity index (χ0n) is 16.1. The Morgan fingerprint density at radius 2 is 1.59 bits per heavy atom. The van der Waals surface area contributed by atoms with E-state index in [9.17, 15) is 4.79 Å². The van der Waals surface area contributed by atoms with Crippen LogP contribution in [0.15, 0.2) is 54.7 Å². The van der Waals surface area contributed by atoms with Gasteiger partial charge in [0.1, 0.15) is 5.69 Å². The van der Waals surface area contributed by atoms with Gasteiger partial charge in [0.25, 0.3) is 5.91 Å². The number of carbonyl (C=O) groups is 1. The maximum Gasteiger partial charge on any atom is 0.274 e. The summed E-state index contributed by atoms with van der Waals surface area (Å²) < 4.78 is 0. The van der Waals surface area contributed by atoms with Crippen LogP contribution in [0.25, 0.3) is 0 Å². The van der Waals surface area contributed by atoms with Gasteiger partial charge in [-0.15, -0.1) is 0 Å². The van der Waals surface area contributed by atoms with Crippen molar-refractivity contribution >= 4 is 23.2 Å². The first-order chi connectivity index (χ1) is 12.9. The second kappa shape index (κ2) is 7.99. The first kappa shape index (κ1) is 18.6. The lowest BCUT2D eigenvalue weighted by molar-refractivity contribution is 0.102. The van der Waals surface area contributed by atoms with E-state index in [1.54, 1.807) is 12.3 Å². The van der Waals surface area contributed by atoms with Crippen LogP contribution in [0.1, 0.15) is 46.9 Å². The highest BCUT2D eigenvalue weighted by atomic mass is 16.1. The Kier molecular flexibility index (Phi) is 5.50. The molecule has 0 spiro atoms. The number of nitrogens with one attached hydrogen (secondary N) is 2. The van der Waals surface area contributed by atoms with Crippen LogP contribution in [0.5, 0.6) is 0 Å². The van der Waals surface area contributed by atoms with Crippen molar-refractivity contribution in [2.45, 2.75) is 33.6 Å². The average Bonchev–Trinajstić information content (AvgIpc) is 2.61. The van der Waals surface area contributed by atoms with Crippen LogP contribution in [0.3, 0.4) is 0 Å². The third kappa shape index (κ3) is 4.91. The van der Waals surface area contributed by atoms with Crippen LogP contribution in [-0.2, 0) is 0 Å². The van der Waals surface area contributed by atoms with Crippen molar-refractivity contribution in [2.75, 3.05) is 10.6 Å². The minimum absolute atomic E-state index is 0.263. The van der Waals surface area contributed by atoms with Crippen molar-refractivity contribution in [3.05, 3.63) is 77.1 Å². The standard InChI is InChI=1S/C22H24N4O/c1-14(2)17-5-7-18(8-6-17)25-22-23-10-9-20(26-22)21(27)24-19-12-15(3)11-16(4)13-19/h5-14H,1-4H3,(H,24,27)(H,23,25,26). The van der Waals surface area contributed by atoms with Crippen LogP contribution in [-0.4, -0.2) is 15.9 Å². The van der Waals surface area contributed by atoms with Gasteiger partial charge in [-0.25, -0.2) is 9.97 Å². The molecule has 0 saturated heterocycles. The summed E-state index contributed by atoms with van der Waals surface area (Å²) in [6, 6.07) is 15.6. The lowest BCUT2D eigenvalue weighted by Gasteiger charge is -2.10. The third-order valence-electron chi connectivity index (χ3n) is 4.20. The molecule has 0 aliphatic heterocycles. The van der Waals surface area contributed by atoms with E-state index in [2.05, 4.69) is 52.6 Å². The SMILES string of the molecule is Cc1cc(C)cc(NC(=O)c2ccnc(Nc3ccc(C(C)C)cc3)n2)c1. The van der Waals surface area contributed by atoms with E-state index in [4.69, 9.17) is 0 Å². The molecule has 3 rings (SSSR count). The minimum atomic E-state index is -0.263. The average molecular weight is 360 g/mol. The van der Waals surface area contributed by atoms with Crippen LogP contribution < -0.4 is 10.6 Å². The Hall–Kier alpha value is -3.21. The number of hydrogen-bond acceptors (Lipinski definition) is 4. The van der Waals surface area contributed by atoms with Gasteiger partial charge in [0.2, 0.25) is 5.95 Å². The highest BCUT2D eigenvalue weighted by Crippen LogP contribution is 2.19. The summed E-state index contributed by atoms with van der Waals surface area (Å²) in [5, 5.41) is 6.04. The molecular weight excluding hydrogens is 336 g/mol. The van der Waals surface area contributed by atoms with Gasteiger partial charge < -0.3 is 10.6 Å². The molecule has 0 atom stereocenters. The molecular formula is C22H24N4O. The van der Waals surface area contributed by atoms with Gasteiger partial charge in [-0.2, -0.15) is 0 Å². The van der Waals surface area contributed by atoms with Crippen LogP contribution in [0.4, 0.5) is 17.3 Å². The Balaban J connectivity index is 1.73. The number of aromatic nitrogens is 2. The highest BCUT2D eigenvalue weighted by molar-refractivity contribution is 6.03. The Morgan fingerprint density at radius 1 is 0.926 bits per heavy atom. The second-order valence-electron chi connectivity index (χ2n) is 7.00. The zero-order valence-corrected chi connectivity index (χ0v) is 16.1. The molecule has 138 valence electrons. The molecule has 3 aromatic rings. The van der Waals surface area contributed by atoms with E-state index >= 15 is 0 Å². The summed E-state index contributed by atoms with van der Waals surface area (Å²) in [5.74, 6) is 0.605. The molecule has 27 heavy (non-hydrogen) atoms. The number of rotatable bonds is 5. The summed E-state index contributed by atoms with van der Waals surface area (Å²) in [7, 11) is 0. The lowest BCUT2D eigenvalue weighted by atomic mass is 10.0. The van der Waals surface area contributed by atoms with Crippen molar-refractivity contribution in [1.29, 1.82) is 0 Å². The van der Waals surface area contributed by atoms with Crippen molar-refractivity contribution < 1.29 is 4.79 Å². The summed E-state index contributed by atoms with van der Waals surface area (Å²) in [5.41, 5.74) is 5.41. The molecule has 1 aromatic heterocycles. The Labute approximate surface area is 159 Å². The van der Waals surface area contributed by atoms with Gasteiger partial charge in [0.05, 0.1) is 0 Å². The van der Waals surface area contributed by atoms with Crippen molar-refractivity contribution in [3.63, 3.8) is 0 Å². The zero-order chi connectivity index (χ0) is 19.4. The van der Waals surface area contributed by atoms with E-state index in [-0.39, 0.29) is 5.91 Å². The molecule has 0 bridgehead atoms. The fraction of sp³-hybridized carbons (Fsp3) is 0.227. The molecule has 2 N–H and O–H groups in total. The Morgan fingerprint density at radius 3 is 2.22 bits per heavy atom. The number of hydrogen-bond donors (Lipinski definition) is 2. The van der Waals surface area contributed by atoms with Crippen molar-refractivity contribution in [3.8, 4) is 0 Å². The van der Waals surface area contributed by atoms with E-state index in [0.717, 1.165) is 22.5 Å². The molecule has 0 aliphatic carbocycles.